The summed E-state index contributed by atoms with van der Waals surface area (Å²) in [5.41, 5.74) is 11.9. The predicted molar refractivity (Wildman–Crippen MR) is 84.0 cm³/mol. The van der Waals surface area contributed by atoms with Gasteiger partial charge in [-0.2, -0.15) is 8.42 Å². The monoisotopic (exact) mass is 336 g/mol. The number of anilines is 2. The number of hydrogen-bond donors (Lipinski definition) is 2. The summed E-state index contributed by atoms with van der Waals surface area (Å²) in [5.74, 6) is 0.164. The van der Waals surface area contributed by atoms with Crippen molar-refractivity contribution in [3.05, 3.63) is 48.5 Å². The fourth-order valence-electron chi connectivity index (χ4n) is 1.41. The van der Waals surface area contributed by atoms with Crippen molar-refractivity contribution in [2.45, 2.75) is 4.90 Å². The first-order valence-corrected chi connectivity index (χ1v) is 6.54. The van der Waals surface area contributed by atoms with E-state index in [1.165, 1.54) is 24.3 Å². The normalized spacial score (nSPS) is 10.0. The Kier molecular flexibility index (Phi) is 6.64. The van der Waals surface area contributed by atoms with Gasteiger partial charge in [-0.15, -0.1) is 24.8 Å². The Morgan fingerprint density at radius 2 is 1.40 bits per heavy atom. The molecule has 20 heavy (non-hydrogen) atoms. The molecular weight excluding hydrogens is 323 g/mol. The maximum atomic E-state index is 11.9. The molecule has 0 atom stereocenters. The van der Waals surface area contributed by atoms with Gasteiger partial charge in [-0.25, -0.2) is 0 Å². The molecule has 0 aromatic heterocycles. The third-order valence-corrected chi connectivity index (χ3v) is 3.45. The molecule has 2 rings (SSSR count). The number of nitrogen functional groups attached to an aromatic ring is 2. The van der Waals surface area contributed by atoms with E-state index in [4.69, 9.17) is 15.7 Å². The predicted octanol–water partition coefficient (Wildman–Crippen LogP) is 2.46. The van der Waals surface area contributed by atoms with Gasteiger partial charge in [0.15, 0.2) is 0 Å². The van der Waals surface area contributed by atoms with Gasteiger partial charge in [-0.3, -0.25) is 0 Å². The first kappa shape index (κ1) is 18.4. The fraction of sp³-hybridized carbons (Fsp3) is 0. The summed E-state index contributed by atoms with van der Waals surface area (Å²) in [6.07, 6.45) is 0. The van der Waals surface area contributed by atoms with Crippen LogP contribution in [0.15, 0.2) is 53.4 Å². The van der Waals surface area contributed by atoms with Crippen molar-refractivity contribution in [1.29, 1.82) is 0 Å². The Morgan fingerprint density at radius 1 is 0.850 bits per heavy atom. The van der Waals surface area contributed by atoms with Crippen LogP contribution in [0, 0.1) is 0 Å². The van der Waals surface area contributed by atoms with Gasteiger partial charge < -0.3 is 15.7 Å². The van der Waals surface area contributed by atoms with Crippen molar-refractivity contribution >= 4 is 46.3 Å². The highest BCUT2D eigenvalue weighted by atomic mass is 35.5. The van der Waals surface area contributed by atoms with Crippen molar-refractivity contribution < 1.29 is 12.6 Å². The maximum Gasteiger partial charge on any atom is 0.339 e. The number of rotatable bonds is 3. The van der Waals surface area contributed by atoms with Crippen LogP contribution in [0.3, 0.4) is 0 Å². The number of halogens is 2. The first-order valence-electron chi connectivity index (χ1n) is 5.13. The Hall–Kier alpha value is -1.63. The van der Waals surface area contributed by atoms with E-state index >= 15 is 0 Å². The van der Waals surface area contributed by atoms with E-state index in [-0.39, 0.29) is 35.5 Å². The zero-order valence-electron chi connectivity index (χ0n) is 10.2. The lowest BCUT2D eigenvalue weighted by Crippen LogP contribution is -2.10. The van der Waals surface area contributed by atoms with E-state index in [2.05, 4.69) is 0 Å². The summed E-state index contributed by atoms with van der Waals surface area (Å²) in [7, 11) is -3.89. The summed E-state index contributed by atoms with van der Waals surface area (Å²) in [6.45, 7) is 0. The van der Waals surface area contributed by atoms with E-state index in [1.54, 1.807) is 24.3 Å². The molecule has 0 saturated heterocycles. The van der Waals surface area contributed by atoms with Crippen LogP contribution in [0.5, 0.6) is 5.75 Å². The molecule has 0 radical (unpaired) electrons. The van der Waals surface area contributed by atoms with Crippen LogP contribution >= 0.6 is 24.8 Å². The number of benzene rings is 2. The van der Waals surface area contributed by atoms with E-state index in [9.17, 15) is 8.42 Å². The van der Waals surface area contributed by atoms with Gasteiger partial charge >= 0.3 is 10.1 Å². The highest BCUT2D eigenvalue weighted by Crippen LogP contribution is 2.21. The highest BCUT2D eigenvalue weighted by molar-refractivity contribution is 7.87. The van der Waals surface area contributed by atoms with E-state index < -0.39 is 10.1 Å². The zero-order chi connectivity index (χ0) is 13.2. The standard InChI is InChI=1S/C12H12N2O3S.2ClH/c13-9-3-1-5-11(7-9)17-18(15,16)12-6-2-4-10(14)8-12;;/h1-8H,13-14H2;2*1H. The van der Waals surface area contributed by atoms with Crippen LogP contribution in [0.4, 0.5) is 11.4 Å². The largest absolute Gasteiger partial charge is 0.399 e. The van der Waals surface area contributed by atoms with E-state index in [0.29, 0.717) is 11.4 Å². The Balaban J connectivity index is 0.00000180. The first-order chi connectivity index (χ1) is 8.47. The Morgan fingerprint density at radius 3 is 1.95 bits per heavy atom. The van der Waals surface area contributed by atoms with Crippen LogP contribution in [0.2, 0.25) is 0 Å². The minimum absolute atomic E-state index is 0. The van der Waals surface area contributed by atoms with Gasteiger partial charge in [0.05, 0.1) is 0 Å². The lowest BCUT2D eigenvalue weighted by Gasteiger charge is -2.07. The van der Waals surface area contributed by atoms with Crippen molar-refractivity contribution in [2.24, 2.45) is 0 Å². The fourth-order valence-corrected chi connectivity index (χ4v) is 2.39. The van der Waals surface area contributed by atoms with Crippen LogP contribution in [0.1, 0.15) is 0 Å². The maximum absolute atomic E-state index is 11.9. The third-order valence-electron chi connectivity index (χ3n) is 2.21. The molecule has 0 unspecified atom stereocenters. The lowest BCUT2D eigenvalue weighted by atomic mass is 10.3. The Labute approximate surface area is 129 Å². The molecule has 0 amide bonds. The smallest absolute Gasteiger partial charge is 0.339 e. The van der Waals surface area contributed by atoms with Gasteiger partial charge in [0.25, 0.3) is 0 Å². The van der Waals surface area contributed by atoms with Crippen molar-refractivity contribution in [2.75, 3.05) is 11.5 Å². The second-order valence-electron chi connectivity index (χ2n) is 3.68. The van der Waals surface area contributed by atoms with Gasteiger partial charge in [0.2, 0.25) is 0 Å². The molecule has 110 valence electrons. The van der Waals surface area contributed by atoms with Gasteiger partial charge in [0, 0.05) is 17.4 Å². The van der Waals surface area contributed by atoms with Gasteiger partial charge in [-0.05, 0) is 30.3 Å². The molecular formula is C12H14Cl2N2O3S. The van der Waals surface area contributed by atoms with Gasteiger partial charge in [0.1, 0.15) is 10.6 Å². The average molecular weight is 337 g/mol. The molecule has 2 aromatic rings. The second kappa shape index (κ2) is 7.23. The van der Waals surface area contributed by atoms with Crippen LogP contribution in [-0.4, -0.2) is 8.42 Å². The lowest BCUT2D eigenvalue weighted by molar-refractivity contribution is 0.486. The summed E-state index contributed by atoms with van der Waals surface area (Å²) in [4.78, 5) is 0.00456. The molecule has 0 aliphatic carbocycles. The molecule has 0 aliphatic rings. The summed E-state index contributed by atoms with van der Waals surface area (Å²) >= 11 is 0. The minimum atomic E-state index is -3.89. The molecule has 0 aliphatic heterocycles. The SMILES string of the molecule is Cl.Cl.Nc1cccc(OS(=O)(=O)c2cccc(N)c2)c1. The number of nitrogens with two attached hydrogens (primary N) is 2. The summed E-state index contributed by atoms with van der Waals surface area (Å²) in [6, 6.07) is 12.1. The second-order valence-corrected chi connectivity index (χ2v) is 5.23. The Bertz CT molecular complexity index is 678. The van der Waals surface area contributed by atoms with Crippen molar-refractivity contribution in [1.82, 2.24) is 0 Å². The molecule has 2 aromatic carbocycles. The molecule has 4 N–H and O–H groups in total. The van der Waals surface area contributed by atoms with Crippen LogP contribution < -0.4 is 15.7 Å². The quantitative estimate of drug-likeness (QED) is 0.663. The molecule has 5 nitrogen and oxygen atoms in total. The molecule has 0 spiro atoms. The topological polar surface area (TPSA) is 95.4 Å². The van der Waals surface area contributed by atoms with Crippen molar-refractivity contribution in [3.8, 4) is 5.75 Å². The van der Waals surface area contributed by atoms with Crippen LogP contribution in [-0.2, 0) is 10.1 Å². The zero-order valence-corrected chi connectivity index (χ0v) is 12.7. The average Bonchev–Trinajstić information content (AvgIpc) is 2.28. The van der Waals surface area contributed by atoms with Gasteiger partial charge in [-0.1, -0.05) is 12.1 Å². The molecule has 0 bridgehead atoms. The minimum Gasteiger partial charge on any atom is -0.399 e. The molecule has 0 heterocycles. The third kappa shape index (κ3) is 4.48. The summed E-state index contributed by atoms with van der Waals surface area (Å²) in [5, 5.41) is 0. The number of hydrogen-bond acceptors (Lipinski definition) is 5. The molecule has 0 fully saturated rings. The molecule has 8 heteroatoms. The van der Waals surface area contributed by atoms with E-state index in [0.717, 1.165) is 0 Å². The van der Waals surface area contributed by atoms with E-state index in [1.807, 2.05) is 0 Å². The highest BCUT2D eigenvalue weighted by Gasteiger charge is 2.16. The van der Waals surface area contributed by atoms with Crippen molar-refractivity contribution in [3.63, 3.8) is 0 Å². The summed E-state index contributed by atoms with van der Waals surface area (Å²) < 4.78 is 28.9. The van der Waals surface area contributed by atoms with Crippen LogP contribution in [0.25, 0.3) is 0 Å². The molecule has 0 saturated carbocycles.